The zero-order valence-corrected chi connectivity index (χ0v) is 10.8. The maximum Gasteiger partial charge on any atom is 0.251 e. The number of primary amides is 1. The highest BCUT2D eigenvalue weighted by atomic mass is 35.5. The highest BCUT2D eigenvalue weighted by Gasteiger charge is 2.24. The summed E-state index contributed by atoms with van der Waals surface area (Å²) >= 11 is 5.92. The van der Waals surface area contributed by atoms with Crippen LogP contribution in [0.3, 0.4) is 0 Å². The molecule has 0 aromatic heterocycles. The van der Waals surface area contributed by atoms with Crippen LogP contribution in [0.25, 0.3) is 0 Å². The number of ether oxygens (including phenoxy) is 1. The van der Waals surface area contributed by atoms with Crippen LogP contribution in [-0.2, 0) is 9.53 Å². The molecule has 2 atom stereocenters. The monoisotopic (exact) mass is 268 g/mol. The molecule has 1 aliphatic heterocycles. The number of hydrogen-bond donors (Lipinski definition) is 2. The molecule has 1 fully saturated rings. The van der Waals surface area contributed by atoms with E-state index in [1.807, 2.05) is 0 Å². The van der Waals surface area contributed by atoms with Crippen molar-refractivity contribution in [1.29, 1.82) is 0 Å². The molecule has 1 aliphatic rings. The van der Waals surface area contributed by atoms with Crippen molar-refractivity contribution in [3.05, 3.63) is 34.9 Å². The number of nitrogens with two attached hydrogens (primary N) is 1. The topological polar surface area (TPSA) is 64.4 Å². The van der Waals surface area contributed by atoms with Crippen molar-refractivity contribution in [2.24, 2.45) is 5.73 Å². The van der Waals surface area contributed by atoms with Crippen molar-refractivity contribution in [1.82, 2.24) is 5.32 Å². The van der Waals surface area contributed by atoms with E-state index < -0.39 is 12.0 Å². The zero-order chi connectivity index (χ0) is 13.0. The summed E-state index contributed by atoms with van der Waals surface area (Å²) < 4.78 is 5.80. The summed E-state index contributed by atoms with van der Waals surface area (Å²) in [5.41, 5.74) is 6.12. The van der Waals surface area contributed by atoms with Gasteiger partial charge in [0, 0.05) is 11.6 Å². The maximum atomic E-state index is 11.5. The fraction of sp³-hybridized carbons (Fsp3) is 0.462. The Labute approximate surface area is 111 Å². The van der Waals surface area contributed by atoms with E-state index in [1.165, 1.54) is 0 Å². The summed E-state index contributed by atoms with van der Waals surface area (Å²) in [4.78, 5) is 11.5. The quantitative estimate of drug-likeness (QED) is 0.872. The van der Waals surface area contributed by atoms with Gasteiger partial charge >= 0.3 is 0 Å². The molecular formula is C13H17ClN2O2. The third-order valence-corrected chi connectivity index (χ3v) is 3.23. The SMILES string of the molecule is NC(=O)[C@@H](O[C@@H]1CCCNC1)c1cccc(Cl)c1. The van der Waals surface area contributed by atoms with Crippen molar-refractivity contribution in [2.45, 2.75) is 25.0 Å². The second-order valence-electron chi connectivity index (χ2n) is 4.44. The zero-order valence-electron chi connectivity index (χ0n) is 10.1. The van der Waals surface area contributed by atoms with Gasteiger partial charge in [-0.2, -0.15) is 0 Å². The van der Waals surface area contributed by atoms with Gasteiger partial charge in [-0.15, -0.1) is 0 Å². The fourth-order valence-corrected chi connectivity index (χ4v) is 2.31. The summed E-state index contributed by atoms with van der Waals surface area (Å²) in [7, 11) is 0. The fourth-order valence-electron chi connectivity index (χ4n) is 2.11. The number of carbonyl (C=O) groups excluding carboxylic acids is 1. The van der Waals surface area contributed by atoms with E-state index in [1.54, 1.807) is 24.3 Å². The van der Waals surface area contributed by atoms with Crippen LogP contribution in [0.1, 0.15) is 24.5 Å². The molecule has 18 heavy (non-hydrogen) atoms. The first-order valence-corrected chi connectivity index (χ1v) is 6.45. The Bertz CT molecular complexity index is 419. The summed E-state index contributed by atoms with van der Waals surface area (Å²) in [5.74, 6) is -0.483. The van der Waals surface area contributed by atoms with Gasteiger partial charge in [-0.05, 0) is 37.1 Å². The molecule has 1 aromatic carbocycles. The second kappa shape index (κ2) is 6.18. The third kappa shape index (κ3) is 3.45. The molecule has 1 heterocycles. The van der Waals surface area contributed by atoms with Gasteiger partial charge in [0.25, 0.3) is 5.91 Å². The molecule has 4 nitrogen and oxygen atoms in total. The number of benzene rings is 1. The molecule has 1 aromatic rings. The molecular weight excluding hydrogens is 252 g/mol. The molecule has 0 spiro atoms. The normalized spacial score (nSPS) is 21.5. The number of hydrogen-bond acceptors (Lipinski definition) is 3. The van der Waals surface area contributed by atoms with Gasteiger partial charge in [0.05, 0.1) is 6.10 Å². The highest BCUT2D eigenvalue weighted by molar-refractivity contribution is 6.30. The number of piperidine rings is 1. The van der Waals surface area contributed by atoms with Crippen LogP contribution in [0, 0.1) is 0 Å². The first-order valence-electron chi connectivity index (χ1n) is 6.08. The number of carbonyl (C=O) groups is 1. The Kier molecular flexibility index (Phi) is 4.58. The van der Waals surface area contributed by atoms with E-state index in [9.17, 15) is 4.79 Å². The first-order chi connectivity index (χ1) is 8.66. The van der Waals surface area contributed by atoms with Gasteiger partial charge in [-0.1, -0.05) is 23.7 Å². The largest absolute Gasteiger partial charge is 0.367 e. The minimum absolute atomic E-state index is 0.0234. The molecule has 5 heteroatoms. The summed E-state index contributed by atoms with van der Waals surface area (Å²) in [5, 5.41) is 3.81. The second-order valence-corrected chi connectivity index (χ2v) is 4.88. The Balaban J connectivity index is 2.10. The van der Waals surface area contributed by atoms with Gasteiger partial charge in [0.1, 0.15) is 0 Å². The van der Waals surface area contributed by atoms with Crippen LogP contribution in [0.15, 0.2) is 24.3 Å². The van der Waals surface area contributed by atoms with Crippen molar-refractivity contribution in [3.8, 4) is 0 Å². The van der Waals surface area contributed by atoms with Gasteiger partial charge in [0.15, 0.2) is 6.10 Å². The van der Waals surface area contributed by atoms with E-state index >= 15 is 0 Å². The number of amides is 1. The van der Waals surface area contributed by atoms with Gasteiger partial charge in [0.2, 0.25) is 0 Å². The lowest BCUT2D eigenvalue weighted by molar-refractivity contribution is -0.134. The molecule has 0 bridgehead atoms. The van der Waals surface area contributed by atoms with Crippen molar-refractivity contribution < 1.29 is 9.53 Å². The number of nitrogens with one attached hydrogen (secondary N) is 1. The molecule has 0 radical (unpaired) electrons. The van der Waals surface area contributed by atoms with E-state index in [0.29, 0.717) is 10.6 Å². The van der Waals surface area contributed by atoms with Crippen LogP contribution in [0.2, 0.25) is 5.02 Å². The van der Waals surface area contributed by atoms with E-state index in [4.69, 9.17) is 22.1 Å². The molecule has 1 saturated heterocycles. The minimum Gasteiger partial charge on any atom is -0.367 e. The van der Waals surface area contributed by atoms with Crippen molar-refractivity contribution >= 4 is 17.5 Å². The lowest BCUT2D eigenvalue weighted by Gasteiger charge is -2.27. The maximum absolute atomic E-state index is 11.5. The lowest BCUT2D eigenvalue weighted by atomic mass is 10.1. The van der Waals surface area contributed by atoms with Crippen LogP contribution in [-0.4, -0.2) is 25.1 Å². The molecule has 98 valence electrons. The Hall–Kier alpha value is -1.10. The minimum atomic E-state index is -0.728. The van der Waals surface area contributed by atoms with Gasteiger partial charge in [-0.25, -0.2) is 0 Å². The predicted octanol–water partition coefficient (Wildman–Crippen LogP) is 1.64. The highest BCUT2D eigenvalue weighted by Crippen LogP contribution is 2.23. The Morgan fingerprint density at radius 3 is 3.00 bits per heavy atom. The molecule has 0 aliphatic carbocycles. The van der Waals surface area contributed by atoms with Gasteiger partial charge < -0.3 is 15.8 Å². The lowest BCUT2D eigenvalue weighted by Crippen LogP contribution is -2.38. The summed E-state index contributed by atoms with van der Waals surface area (Å²) in [6.07, 6.45) is 1.28. The number of halogens is 1. The smallest absolute Gasteiger partial charge is 0.251 e. The average molecular weight is 269 g/mol. The molecule has 3 N–H and O–H groups in total. The van der Waals surface area contributed by atoms with E-state index in [-0.39, 0.29) is 6.10 Å². The summed E-state index contributed by atoms with van der Waals surface area (Å²) in [6, 6.07) is 7.06. The van der Waals surface area contributed by atoms with Crippen LogP contribution in [0.5, 0.6) is 0 Å². The van der Waals surface area contributed by atoms with Crippen molar-refractivity contribution in [2.75, 3.05) is 13.1 Å². The average Bonchev–Trinajstić information content (AvgIpc) is 2.37. The Morgan fingerprint density at radius 1 is 1.56 bits per heavy atom. The standard InChI is InChI=1S/C13H17ClN2O2/c14-10-4-1-3-9(7-10)12(13(15)17)18-11-5-2-6-16-8-11/h1,3-4,7,11-12,16H,2,5-6,8H2,(H2,15,17)/t11-,12+/m1/s1. The predicted molar refractivity (Wildman–Crippen MR) is 70.4 cm³/mol. The molecule has 0 saturated carbocycles. The van der Waals surface area contributed by atoms with Crippen LogP contribution < -0.4 is 11.1 Å². The molecule has 0 unspecified atom stereocenters. The van der Waals surface area contributed by atoms with Crippen LogP contribution >= 0.6 is 11.6 Å². The third-order valence-electron chi connectivity index (χ3n) is 2.99. The van der Waals surface area contributed by atoms with E-state index in [2.05, 4.69) is 5.32 Å². The summed E-state index contributed by atoms with van der Waals surface area (Å²) in [6.45, 7) is 1.75. The van der Waals surface area contributed by atoms with E-state index in [0.717, 1.165) is 25.9 Å². The Morgan fingerprint density at radius 2 is 2.39 bits per heavy atom. The first kappa shape index (κ1) is 13.3. The number of rotatable bonds is 4. The van der Waals surface area contributed by atoms with Crippen molar-refractivity contribution in [3.63, 3.8) is 0 Å². The molecule has 1 amide bonds. The van der Waals surface area contributed by atoms with Gasteiger partial charge in [-0.3, -0.25) is 4.79 Å². The molecule has 2 rings (SSSR count). The van der Waals surface area contributed by atoms with Crippen LogP contribution in [0.4, 0.5) is 0 Å².